The first-order valence-corrected chi connectivity index (χ1v) is 5.51. The minimum Gasteiger partial charge on any atom is -0.372 e. The maximum atomic E-state index is 2.41. The van der Waals surface area contributed by atoms with E-state index in [2.05, 4.69) is 56.9 Å². The van der Waals surface area contributed by atoms with Crippen LogP contribution in [0, 0.1) is 5.92 Å². The number of allylic oxidation sites excluding steroid dienone is 5. The van der Waals surface area contributed by atoms with Crippen LogP contribution in [0.25, 0.3) is 0 Å². The number of rotatable bonds is 3. The molecule has 0 N–H and O–H groups in total. The Morgan fingerprint density at radius 2 is 1.86 bits per heavy atom. The molecule has 78 valence electrons. The van der Waals surface area contributed by atoms with Gasteiger partial charge in [-0.2, -0.15) is 0 Å². The first-order valence-electron chi connectivity index (χ1n) is 5.51. The molecule has 1 nitrogen and oxygen atoms in total. The van der Waals surface area contributed by atoms with E-state index in [1.165, 1.54) is 11.3 Å². The first kappa shape index (κ1) is 11.1. The Hall–Kier alpha value is -0.980. The number of nitrogens with zero attached hydrogens (tertiary/aromatic N) is 1. The highest BCUT2D eigenvalue weighted by Crippen LogP contribution is 2.22. The fourth-order valence-electron chi connectivity index (χ4n) is 1.81. The first-order chi connectivity index (χ1) is 6.70. The second-order valence-corrected chi connectivity index (χ2v) is 3.77. The monoisotopic (exact) mass is 191 g/mol. The maximum Gasteiger partial charge on any atom is 0.0360 e. The van der Waals surface area contributed by atoms with Gasteiger partial charge < -0.3 is 4.90 Å². The van der Waals surface area contributed by atoms with Crippen LogP contribution in [0.2, 0.25) is 0 Å². The normalized spacial score (nSPS) is 21.3. The van der Waals surface area contributed by atoms with Crippen molar-refractivity contribution in [3.8, 4) is 0 Å². The van der Waals surface area contributed by atoms with Crippen LogP contribution in [0.15, 0.2) is 35.6 Å². The van der Waals surface area contributed by atoms with E-state index in [1.807, 2.05) is 0 Å². The Morgan fingerprint density at radius 3 is 2.43 bits per heavy atom. The summed E-state index contributed by atoms with van der Waals surface area (Å²) in [6, 6.07) is 0. The molecule has 0 saturated carbocycles. The summed E-state index contributed by atoms with van der Waals surface area (Å²) in [5, 5.41) is 0. The zero-order chi connectivity index (χ0) is 10.6. The summed E-state index contributed by atoms with van der Waals surface area (Å²) >= 11 is 0. The molecule has 0 aliphatic heterocycles. The molecule has 0 amide bonds. The van der Waals surface area contributed by atoms with E-state index in [1.54, 1.807) is 0 Å². The van der Waals surface area contributed by atoms with Crippen molar-refractivity contribution < 1.29 is 0 Å². The van der Waals surface area contributed by atoms with Crippen LogP contribution in [0.4, 0.5) is 0 Å². The van der Waals surface area contributed by atoms with Crippen LogP contribution < -0.4 is 0 Å². The van der Waals surface area contributed by atoms with Gasteiger partial charge in [0.25, 0.3) is 0 Å². The molecule has 1 heteroatoms. The molecule has 0 bridgehead atoms. The predicted molar refractivity (Wildman–Crippen MR) is 63.1 cm³/mol. The summed E-state index contributed by atoms with van der Waals surface area (Å²) in [5.41, 5.74) is 2.87. The van der Waals surface area contributed by atoms with E-state index in [9.17, 15) is 0 Å². The zero-order valence-corrected chi connectivity index (χ0v) is 9.75. The lowest BCUT2D eigenvalue weighted by Crippen LogP contribution is -2.23. The second-order valence-electron chi connectivity index (χ2n) is 3.77. The SMILES string of the molecule is CCN(CC)C1=C(C)C(C)C=CC=C1. The largest absolute Gasteiger partial charge is 0.372 e. The van der Waals surface area contributed by atoms with Gasteiger partial charge in [0, 0.05) is 18.8 Å². The van der Waals surface area contributed by atoms with Crippen LogP contribution in [-0.2, 0) is 0 Å². The Balaban J connectivity index is 2.98. The molecule has 0 aromatic rings. The van der Waals surface area contributed by atoms with Crippen molar-refractivity contribution in [3.05, 3.63) is 35.6 Å². The van der Waals surface area contributed by atoms with Crippen LogP contribution in [0.1, 0.15) is 27.7 Å². The van der Waals surface area contributed by atoms with E-state index >= 15 is 0 Å². The molecule has 0 spiro atoms. The molecule has 0 fully saturated rings. The molecule has 1 aliphatic rings. The summed E-state index contributed by atoms with van der Waals surface area (Å²) in [6.07, 6.45) is 8.76. The summed E-state index contributed by atoms with van der Waals surface area (Å²) in [7, 11) is 0. The summed E-state index contributed by atoms with van der Waals surface area (Å²) in [4.78, 5) is 2.41. The van der Waals surface area contributed by atoms with Crippen LogP contribution >= 0.6 is 0 Å². The topological polar surface area (TPSA) is 3.24 Å². The van der Waals surface area contributed by atoms with Gasteiger partial charge in [0.2, 0.25) is 0 Å². The third kappa shape index (κ3) is 2.28. The van der Waals surface area contributed by atoms with Gasteiger partial charge in [-0.15, -0.1) is 0 Å². The average Bonchev–Trinajstić information content (AvgIpc) is 2.35. The third-order valence-electron chi connectivity index (χ3n) is 2.96. The standard InChI is InChI=1S/C13H21N/c1-5-14(6-2)13-10-8-7-9-11(3)12(13)4/h7-11H,5-6H2,1-4H3. The Labute approximate surface area is 87.8 Å². The molecular weight excluding hydrogens is 170 g/mol. The van der Waals surface area contributed by atoms with Gasteiger partial charge in [-0.1, -0.05) is 25.2 Å². The van der Waals surface area contributed by atoms with Gasteiger partial charge in [-0.3, -0.25) is 0 Å². The molecule has 1 unspecified atom stereocenters. The number of hydrogen-bond donors (Lipinski definition) is 0. The van der Waals surface area contributed by atoms with E-state index < -0.39 is 0 Å². The van der Waals surface area contributed by atoms with E-state index in [0.29, 0.717) is 5.92 Å². The Kier molecular flexibility index (Phi) is 3.99. The van der Waals surface area contributed by atoms with Crippen molar-refractivity contribution >= 4 is 0 Å². The summed E-state index contributed by atoms with van der Waals surface area (Å²) < 4.78 is 0. The average molecular weight is 191 g/mol. The molecule has 0 radical (unpaired) electrons. The highest BCUT2D eigenvalue weighted by Gasteiger charge is 2.11. The van der Waals surface area contributed by atoms with Gasteiger partial charge in [0.05, 0.1) is 0 Å². The van der Waals surface area contributed by atoms with Crippen molar-refractivity contribution in [2.75, 3.05) is 13.1 Å². The zero-order valence-electron chi connectivity index (χ0n) is 9.75. The van der Waals surface area contributed by atoms with Crippen molar-refractivity contribution in [1.29, 1.82) is 0 Å². The molecule has 0 aromatic carbocycles. The van der Waals surface area contributed by atoms with Gasteiger partial charge in [0.1, 0.15) is 0 Å². The third-order valence-corrected chi connectivity index (χ3v) is 2.96. The molecular formula is C13H21N. The van der Waals surface area contributed by atoms with Crippen molar-refractivity contribution in [3.63, 3.8) is 0 Å². The molecule has 0 saturated heterocycles. The second kappa shape index (κ2) is 5.04. The Bertz CT molecular complexity index is 267. The number of likely N-dealkylation sites (N-methyl/N-ethyl adjacent to an activating group) is 1. The lowest BCUT2D eigenvalue weighted by Gasteiger charge is -2.25. The Morgan fingerprint density at radius 1 is 1.21 bits per heavy atom. The van der Waals surface area contributed by atoms with Crippen LogP contribution in [0.3, 0.4) is 0 Å². The molecule has 1 aliphatic carbocycles. The summed E-state index contributed by atoms with van der Waals surface area (Å²) in [5.74, 6) is 0.556. The van der Waals surface area contributed by atoms with Crippen LogP contribution in [0.5, 0.6) is 0 Å². The minimum atomic E-state index is 0.556. The molecule has 14 heavy (non-hydrogen) atoms. The highest BCUT2D eigenvalue weighted by molar-refractivity contribution is 5.32. The highest BCUT2D eigenvalue weighted by atomic mass is 15.1. The van der Waals surface area contributed by atoms with Gasteiger partial charge in [-0.25, -0.2) is 0 Å². The summed E-state index contributed by atoms with van der Waals surface area (Å²) in [6.45, 7) is 11.1. The predicted octanol–water partition coefficient (Wildman–Crippen LogP) is 3.36. The quantitative estimate of drug-likeness (QED) is 0.661. The molecule has 0 aromatic heterocycles. The molecule has 1 rings (SSSR count). The smallest absolute Gasteiger partial charge is 0.0360 e. The van der Waals surface area contributed by atoms with Crippen LogP contribution in [-0.4, -0.2) is 18.0 Å². The molecule has 0 heterocycles. The maximum absolute atomic E-state index is 2.41. The number of hydrogen-bond acceptors (Lipinski definition) is 1. The van der Waals surface area contributed by atoms with Gasteiger partial charge in [0.15, 0.2) is 0 Å². The van der Waals surface area contributed by atoms with E-state index in [0.717, 1.165) is 13.1 Å². The van der Waals surface area contributed by atoms with E-state index in [-0.39, 0.29) is 0 Å². The lowest BCUT2D eigenvalue weighted by atomic mass is 10.0. The fourth-order valence-corrected chi connectivity index (χ4v) is 1.81. The lowest BCUT2D eigenvalue weighted by molar-refractivity contribution is 0.387. The van der Waals surface area contributed by atoms with Gasteiger partial charge >= 0.3 is 0 Å². The fraction of sp³-hybridized carbons (Fsp3) is 0.538. The minimum absolute atomic E-state index is 0.556. The van der Waals surface area contributed by atoms with Gasteiger partial charge in [-0.05, 0) is 38.3 Å². The van der Waals surface area contributed by atoms with E-state index in [4.69, 9.17) is 0 Å². The molecule has 1 atom stereocenters. The van der Waals surface area contributed by atoms with Crippen molar-refractivity contribution in [1.82, 2.24) is 4.90 Å². The van der Waals surface area contributed by atoms with Crippen molar-refractivity contribution in [2.45, 2.75) is 27.7 Å². The van der Waals surface area contributed by atoms with Crippen molar-refractivity contribution in [2.24, 2.45) is 5.92 Å².